The average Bonchev–Trinajstić information content (AvgIpc) is 2.71. The van der Waals surface area contributed by atoms with Crippen LogP contribution in [0.4, 0.5) is 0 Å². The zero-order chi connectivity index (χ0) is 10.1. The molecule has 3 nitrogen and oxygen atoms in total. The van der Waals surface area contributed by atoms with Gasteiger partial charge in [-0.25, -0.2) is 0 Å². The molecule has 1 aromatic rings. The van der Waals surface area contributed by atoms with Crippen LogP contribution < -0.4 is 5.32 Å². The van der Waals surface area contributed by atoms with E-state index in [1.54, 1.807) is 0 Å². The Kier molecular flexibility index (Phi) is 2.79. The molecule has 1 unspecified atom stereocenters. The van der Waals surface area contributed by atoms with Gasteiger partial charge in [-0.3, -0.25) is 4.68 Å². The van der Waals surface area contributed by atoms with Crippen LogP contribution in [0.5, 0.6) is 0 Å². The number of nitrogens with one attached hydrogen (secondary N) is 1. The van der Waals surface area contributed by atoms with Gasteiger partial charge in [0.1, 0.15) is 5.15 Å². The minimum Gasteiger partial charge on any atom is -0.316 e. The van der Waals surface area contributed by atoms with Gasteiger partial charge >= 0.3 is 0 Å². The largest absolute Gasteiger partial charge is 0.316 e. The van der Waals surface area contributed by atoms with Crippen molar-refractivity contribution in [2.75, 3.05) is 13.1 Å². The van der Waals surface area contributed by atoms with E-state index in [-0.39, 0.29) is 0 Å². The van der Waals surface area contributed by atoms with Crippen molar-refractivity contribution >= 4 is 11.6 Å². The summed E-state index contributed by atoms with van der Waals surface area (Å²) in [5.41, 5.74) is 1.20. The maximum Gasteiger partial charge on any atom is 0.130 e. The molecule has 78 valence electrons. The van der Waals surface area contributed by atoms with Gasteiger partial charge in [0, 0.05) is 24.1 Å². The van der Waals surface area contributed by atoms with Gasteiger partial charge in [-0.2, -0.15) is 5.10 Å². The van der Waals surface area contributed by atoms with Gasteiger partial charge in [0.05, 0.1) is 6.20 Å². The average molecular weight is 214 g/mol. The Balaban J connectivity index is 2.26. The summed E-state index contributed by atoms with van der Waals surface area (Å²) in [5.74, 6) is 0.551. The molecule has 2 rings (SSSR count). The molecule has 1 saturated heterocycles. The van der Waals surface area contributed by atoms with Crippen molar-refractivity contribution in [3.63, 3.8) is 0 Å². The number of rotatable bonds is 2. The molecule has 1 aromatic heterocycles. The quantitative estimate of drug-likeness (QED) is 0.817. The van der Waals surface area contributed by atoms with Crippen LogP contribution in [0.3, 0.4) is 0 Å². The van der Waals surface area contributed by atoms with Gasteiger partial charge in [-0.15, -0.1) is 0 Å². The Morgan fingerprint density at radius 1 is 1.64 bits per heavy atom. The Hall–Kier alpha value is -0.540. The van der Waals surface area contributed by atoms with Crippen LogP contribution in [0.25, 0.3) is 0 Å². The lowest BCUT2D eigenvalue weighted by Crippen LogP contribution is -2.08. The van der Waals surface area contributed by atoms with Gasteiger partial charge in [-0.05, 0) is 26.8 Å². The first kappa shape index (κ1) is 9.99. The Morgan fingerprint density at radius 2 is 2.43 bits per heavy atom. The highest BCUT2D eigenvalue weighted by atomic mass is 35.5. The van der Waals surface area contributed by atoms with E-state index in [4.69, 9.17) is 11.6 Å². The van der Waals surface area contributed by atoms with Crippen LogP contribution in [0, 0.1) is 0 Å². The van der Waals surface area contributed by atoms with Crippen LogP contribution >= 0.6 is 11.6 Å². The zero-order valence-electron chi connectivity index (χ0n) is 8.63. The summed E-state index contributed by atoms with van der Waals surface area (Å²) < 4.78 is 1.88. The number of hydrogen-bond donors (Lipinski definition) is 1. The van der Waals surface area contributed by atoms with Gasteiger partial charge in [0.15, 0.2) is 0 Å². The smallest absolute Gasteiger partial charge is 0.130 e. The molecule has 1 N–H and O–H groups in total. The highest BCUT2D eigenvalue weighted by Gasteiger charge is 2.22. The molecule has 0 aliphatic carbocycles. The summed E-state index contributed by atoms with van der Waals surface area (Å²) in [5, 5.41) is 8.47. The van der Waals surface area contributed by atoms with E-state index in [1.807, 2.05) is 10.9 Å². The fourth-order valence-corrected chi connectivity index (χ4v) is 2.36. The van der Waals surface area contributed by atoms with Crippen molar-refractivity contribution in [3.05, 3.63) is 16.9 Å². The van der Waals surface area contributed by atoms with E-state index in [1.165, 1.54) is 12.0 Å². The first-order valence-electron chi connectivity index (χ1n) is 5.13. The van der Waals surface area contributed by atoms with Gasteiger partial charge in [0.25, 0.3) is 0 Å². The molecule has 1 aliphatic heterocycles. The summed E-state index contributed by atoms with van der Waals surface area (Å²) >= 11 is 6.27. The molecule has 0 spiro atoms. The minimum atomic E-state index is 0.339. The molecule has 1 atom stereocenters. The van der Waals surface area contributed by atoms with Crippen molar-refractivity contribution in [3.8, 4) is 0 Å². The second-order valence-electron chi connectivity index (χ2n) is 4.12. The molecule has 1 aliphatic rings. The molecular weight excluding hydrogens is 198 g/mol. The minimum absolute atomic E-state index is 0.339. The lowest BCUT2D eigenvalue weighted by molar-refractivity contribution is 0.532. The molecule has 0 saturated carbocycles. The molecule has 0 radical (unpaired) electrons. The lowest BCUT2D eigenvalue weighted by Gasteiger charge is -2.09. The first-order valence-corrected chi connectivity index (χ1v) is 5.51. The lowest BCUT2D eigenvalue weighted by atomic mass is 10.0. The Morgan fingerprint density at radius 3 is 2.93 bits per heavy atom. The monoisotopic (exact) mass is 213 g/mol. The van der Waals surface area contributed by atoms with Crippen LogP contribution in [-0.4, -0.2) is 22.9 Å². The molecule has 2 heterocycles. The van der Waals surface area contributed by atoms with Crippen LogP contribution in [-0.2, 0) is 0 Å². The van der Waals surface area contributed by atoms with Crippen LogP contribution in [0.1, 0.15) is 37.8 Å². The van der Waals surface area contributed by atoms with Gasteiger partial charge in [-0.1, -0.05) is 11.6 Å². The number of hydrogen-bond acceptors (Lipinski definition) is 2. The standard InChI is InChI=1S/C10H16ClN3/c1-7(2)14-10(11)9(6-13-14)8-3-4-12-5-8/h6-8,12H,3-5H2,1-2H3. The summed E-state index contributed by atoms with van der Waals surface area (Å²) in [7, 11) is 0. The SMILES string of the molecule is CC(C)n1ncc(C2CCNC2)c1Cl. The van der Waals surface area contributed by atoms with E-state index in [2.05, 4.69) is 24.3 Å². The summed E-state index contributed by atoms with van der Waals surface area (Å²) in [4.78, 5) is 0. The molecule has 1 fully saturated rings. The molecule has 0 aromatic carbocycles. The molecule has 14 heavy (non-hydrogen) atoms. The first-order chi connectivity index (χ1) is 6.70. The molecule has 4 heteroatoms. The second-order valence-corrected chi connectivity index (χ2v) is 4.48. The van der Waals surface area contributed by atoms with Crippen molar-refractivity contribution in [1.82, 2.24) is 15.1 Å². The number of halogens is 1. The van der Waals surface area contributed by atoms with Crippen molar-refractivity contribution in [2.45, 2.75) is 32.2 Å². The number of nitrogens with zero attached hydrogens (tertiary/aromatic N) is 2. The van der Waals surface area contributed by atoms with E-state index < -0.39 is 0 Å². The van der Waals surface area contributed by atoms with Crippen LogP contribution in [0.15, 0.2) is 6.20 Å². The van der Waals surface area contributed by atoms with Gasteiger partial charge in [0.2, 0.25) is 0 Å². The van der Waals surface area contributed by atoms with E-state index in [0.717, 1.165) is 18.2 Å². The maximum atomic E-state index is 6.27. The third kappa shape index (κ3) is 1.66. The fourth-order valence-electron chi connectivity index (χ4n) is 1.91. The van der Waals surface area contributed by atoms with Gasteiger partial charge < -0.3 is 5.32 Å². The molecular formula is C10H16ClN3. The summed E-state index contributed by atoms with van der Waals surface area (Å²) in [6.07, 6.45) is 3.09. The maximum absolute atomic E-state index is 6.27. The van der Waals surface area contributed by atoms with E-state index in [9.17, 15) is 0 Å². The number of aromatic nitrogens is 2. The predicted molar refractivity (Wildman–Crippen MR) is 57.8 cm³/mol. The second kappa shape index (κ2) is 3.91. The van der Waals surface area contributed by atoms with Crippen molar-refractivity contribution in [1.29, 1.82) is 0 Å². The van der Waals surface area contributed by atoms with E-state index >= 15 is 0 Å². The summed E-state index contributed by atoms with van der Waals surface area (Å²) in [6.45, 7) is 6.31. The third-order valence-corrected chi connectivity index (χ3v) is 3.14. The van der Waals surface area contributed by atoms with Crippen LogP contribution in [0.2, 0.25) is 5.15 Å². The zero-order valence-corrected chi connectivity index (χ0v) is 9.38. The topological polar surface area (TPSA) is 29.9 Å². The van der Waals surface area contributed by atoms with Crippen molar-refractivity contribution in [2.24, 2.45) is 0 Å². The van der Waals surface area contributed by atoms with E-state index in [0.29, 0.717) is 12.0 Å². The molecule has 0 bridgehead atoms. The Bertz CT molecular complexity index is 313. The normalized spacial score (nSPS) is 22.1. The highest BCUT2D eigenvalue weighted by Crippen LogP contribution is 2.30. The fraction of sp³-hybridized carbons (Fsp3) is 0.700. The van der Waals surface area contributed by atoms with Crippen molar-refractivity contribution < 1.29 is 0 Å². The predicted octanol–water partition coefficient (Wildman–Crippen LogP) is 2.19. The Labute approximate surface area is 89.4 Å². The summed E-state index contributed by atoms with van der Waals surface area (Å²) in [6, 6.07) is 0.339. The highest BCUT2D eigenvalue weighted by molar-refractivity contribution is 6.30. The third-order valence-electron chi connectivity index (χ3n) is 2.75. The molecule has 0 amide bonds.